The number of hydrogen-bond acceptors (Lipinski definition) is 9. The number of carbonyl (C=O) groups excluding carboxylic acids is 3. The molecule has 2 amide bonds. The van der Waals surface area contributed by atoms with Crippen molar-refractivity contribution in [3.05, 3.63) is 34.4 Å². The maximum Gasteiger partial charge on any atom is 0.408 e. The predicted molar refractivity (Wildman–Crippen MR) is 116 cm³/mol. The van der Waals surface area contributed by atoms with Gasteiger partial charge in [0, 0.05) is 19.7 Å². The van der Waals surface area contributed by atoms with Crippen LogP contribution in [-0.4, -0.2) is 74.6 Å². The molecule has 0 bridgehead atoms. The highest BCUT2D eigenvalue weighted by molar-refractivity contribution is 7.89. The quantitative estimate of drug-likeness (QED) is 0.274. The number of nitrogens with zero attached hydrogens (tertiary/aromatic N) is 2. The Morgan fingerprint density at radius 1 is 1.21 bits per heavy atom. The van der Waals surface area contributed by atoms with Gasteiger partial charge in [-0.1, -0.05) is 12.1 Å². The van der Waals surface area contributed by atoms with Crippen LogP contribution in [0.1, 0.15) is 27.7 Å². The van der Waals surface area contributed by atoms with Gasteiger partial charge in [-0.05, 0) is 33.8 Å². The lowest BCUT2D eigenvalue weighted by atomic mass is 10.2. The predicted octanol–water partition coefficient (Wildman–Crippen LogP) is 0.788. The number of likely N-dealkylation sites (N-methyl/N-ethyl adjacent to an activating group) is 1. The Labute approximate surface area is 191 Å². The second-order valence-corrected chi connectivity index (χ2v) is 9.51. The summed E-state index contributed by atoms with van der Waals surface area (Å²) in [6.07, 6.45) is -1.00. The van der Waals surface area contributed by atoms with Crippen LogP contribution in [0.4, 0.5) is 10.5 Å². The van der Waals surface area contributed by atoms with E-state index in [1.165, 1.54) is 19.2 Å². The van der Waals surface area contributed by atoms with E-state index >= 15 is 0 Å². The Balaban J connectivity index is 3.11. The van der Waals surface area contributed by atoms with Gasteiger partial charge in [-0.3, -0.25) is 19.7 Å². The van der Waals surface area contributed by atoms with Gasteiger partial charge in [-0.2, -0.15) is 0 Å². The first-order chi connectivity index (χ1) is 15.2. The summed E-state index contributed by atoms with van der Waals surface area (Å²) in [4.78, 5) is 47.4. The zero-order chi connectivity index (χ0) is 25.4. The fourth-order valence-corrected chi connectivity index (χ4v) is 3.72. The molecule has 0 fully saturated rings. The molecule has 2 N–H and O–H groups in total. The summed E-state index contributed by atoms with van der Waals surface area (Å²) in [6, 6.07) is 3.17. The normalized spacial score (nSPS) is 12.4. The standard InChI is InChI=1S/C19H28N4O9S/c1-6-31-16(24)12-22(5)17(25)13(21-18(26)32-19(2,3)4)11-20-33(29,30)15-10-8-7-9-14(15)23(27)28/h7-10,13,20H,6,11-12H2,1-5H3,(H,21,26)/t13-/m0/s1. The Morgan fingerprint density at radius 2 is 1.82 bits per heavy atom. The van der Waals surface area contributed by atoms with Crippen LogP contribution in [0.15, 0.2) is 29.2 Å². The first kappa shape index (κ1) is 27.8. The molecule has 1 rings (SSSR count). The fourth-order valence-electron chi connectivity index (χ4n) is 2.50. The summed E-state index contributed by atoms with van der Waals surface area (Å²) < 4.78 is 37.3. The number of para-hydroxylation sites is 1. The van der Waals surface area contributed by atoms with Crippen molar-refractivity contribution in [3.8, 4) is 0 Å². The van der Waals surface area contributed by atoms with Crippen LogP contribution >= 0.6 is 0 Å². The minimum absolute atomic E-state index is 0.0934. The number of alkyl carbamates (subject to hydrolysis) is 1. The van der Waals surface area contributed by atoms with E-state index in [0.717, 1.165) is 17.0 Å². The molecule has 1 aromatic carbocycles. The Kier molecular flexibility index (Phi) is 9.73. The SMILES string of the molecule is CCOC(=O)CN(C)C(=O)[C@H](CNS(=O)(=O)c1ccccc1[N+](=O)[O-])NC(=O)OC(C)(C)C. The Bertz CT molecular complexity index is 989. The van der Waals surface area contributed by atoms with E-state index in [-0.39, 0.29) is 6.61 Å². The van der Waals surface area contributed by atoms with Crippen molar-refractivity contribution >= 4 is 33.7 Å². The van der Waals surface area contributed by atoms with Gasteiger partial charge in [0.1, 0.15) is 18.2 Å². The summed E-state index contributed by atoms with van der Waals surface area (Å²) in [6.45, 7) is 5.34. The fraction of sp³-hybridized carbons (Fsp3) is 0.526. The largest absolute Gasteiger partial charge is 0.465 e. The highest BCUT2D eigenvalue weighted by Gasteiger charge is 2.31. The number of nitro groups is 1. The lowest BCUT2D eigenvalue weighted by molar-refractivity contribution is -0.387. The van der Waals surface area contributed by atoms with Crippen LogP contribution in [0.2, 0.25) is 0 Å². The van der Waals surface area contributed by atoms with E-state index < -0.39 is 68.2 Å². The van der Waals surface area contributed by atoms with Gasteiger partial charge < -0.3 is 19.7 Å². The second kappa shape index (κ2) is 11.6. The number of rotatable bonds is 10. The first-order valence-corrected chi connectivity index (χ1v) is 11.3. The Morgan fingerprint density at radius 3 is 2.36 bits per heavy atom. The molecule has 1 aromatic rings. The average Bonchev–Trinajstić information content (AvgIpc) is 2.69. The number of carbonyl (C=O) groups is 3. The van der Waals surface area contributed by atoms with Crippen molar-refractivity contribution in [2.75, 3.05) is 26.7 Å². The van der Waals surface area contributed by atoms with E-state index in [9.17, 15) is 32.9 Å². The molecule has 0 saturated carbocycles. The summed E-state index contributed by atoms with van der Waals surface area (Å²) in [7, 11) is -3.18. The van der Waals surface area contributed by atoms with Gasteiger partial charge in [0.2, 0.25) is 15.9 Å². The molecule has 0 aromatic heterocycles. The molecule has 0 aliphatic carbocycles. The van der Waals surface area contributed by atoms with E-state index in [1.807, 2.05) is 0 Å². The van der Waals surface area contributed by atoms with Crippen LogP contribution < -0.4 is 10.0 Å². The van der Waals surface area contributed by atoms with Crippen LogP contribution in [0.3, 0.4) is 0 Å². The van der Waals surface area contributed by atoms with Crippen LogP contribution in [0.5, 0.6) is 0 Å². The zero-order valence-corrected chi connectivity index (χ0v) is 19.8. The molecular formula is C19H28N4O9S. The minimum atomic E-state index is -4.44. The third kappa shape index (κ3) is 9.02. The maximum absolute atomic E-state index is 12.8. The highest BCUT2D eigenvalue weighted by Crippen LogP contribution is 2.22. The van der Waals surface area contributed by atoms with Crippen LogP contribution in [-0.2, 0) is 29.1 Å². The topological polar surface area (TPSA) is 174 Å². The summed E-state index contributed by atoms with van der Waals surface area (Å²) in [5, 5.41) is 13.4. The molecule has 0 heterocycles. The molecule has 0 saturated heterocycles. The van der Waals surface area contributed by atoms with Crippen molar-refractivity contribution in [2.24, 2.45) is 0 Å². The van der Waals surface area contributed by atoms with Crippen molar-refractivity contribution in [1.29, 1.82) is 0 Å². The Hall–Kier alpha value is -3.26. The van der Waals surface area contributed by atoms with E-state index in [2.05, 4.69) is 10.0 Å². The monoisotopic (exact) mass is 488 g/mol. The molecule has 0 spiro atoms. The number of benzene rings is 1. The van der Waals surface area contributed by atoms with Crippen molar-refractivity contribution in [1.82, 2.24) is 14.9 Å². The van der Waals surface area contributed by atoms with Gasteiger partial charge >= 0.3 is 12.1 Å². The van der Waals surface area contributed by atoms with Gasteiger partial charge in [-0.25, -0.2) is 17.9 Å². The van der Waals surface area contributed by atoms with Gasteiger partial charge in [0.05, 0.1) is 11.5 Å². The molecule has 184 valence electrons. The number of nitro benzene ring substituents is 1. The summed E-state index contributed by atoms with van der Waals surface area (Å²) in [5.41, 5.74) is -1.56. The lowest BCUT2D eigenvalue weighted by Crippen LogP contribution is -2.54. The van der Waals surface area contributed by atoms with Gasteiger partial charge in [0.25, 0.3) is 5.69 Å². The summed E-state index contributed by atoms with van der Waals surface area (Å²) >= 11 is 0. The number of hydrogen-bond donors (Lipinski definition) is 2. The van der Waals surface area contributed by atoms with Gasteiger partial charge in [0.15, 0.2) is 4.90 Å². The lowest BCUT2D eigenvalue weighted by Gasteiger charge is -2.26. The second-order valence-electron chi connectivity index (χ2n) is 7.77. The molecule has 0 aliphatic rings. The van der Waals surface area contributed by atoms with Crippen molar-refractivity contribution in [2.45, 2.75) is 44.2 Å². The molecule has 14 heteroatoms. The molecule has 0 radical (unpaired) electrons. The third-order valence-corrected chi connectivity index (χ3v) is 5.34. The number of sulfonamides is 1. The smallest absolute Gasteiger partial charge is 0.408 e. The minimum Gasteiger partial charge on any atom is -0.465 e. The van der Waals surface area contributed by atoms with Crippen LogP contribution in [0, 0.1) is 10.1 Å². The maximum atomic E-state index is 12.8. The molecule has 0 aliphatic heterocycles. The van der Waals surface area contributed by atoms with Gasteiger partial charge in [-0.15, -0.1) is 0 Å². The number of esters is 1. The van der Waals surface area contributed by atoms with E-state index in [4.69, 9.17) is 9.47 Å². The van der Waals surface area contributed by atoms with Crippen molar-refractivity contribution < 1.29 is 37.2 Å². The molecular weight excluding hydrogens is 460 g/mol. The zero-order valence-electron chi connectivity index (χ0n) is 19.0. The molecule has 13 nitrogen and oxygen atoms in total. The molecule has 0 unspecified atom stereocenters. The number of nitrogens with one attached hydrogen (secondary N) is 2. The summed E-state index contributed by atoms with van der Waals surface area (Å²) in [5.74, 6) is -1.52. The van der Waals surface area contributed by atoms with E-state index in [0.29, 0.717) is 0 Å². The molecule has 33 heavy (non-hydrogen) atoms. The molecule has 1 atom stereocenters. The number of ether oxygens (including phenoxy) is 2. The van der Waals surface area contributed by atoms with Crippen LogP contribution in [0.25, 0.3) is 0 Å². The highest BCUT2D eigenvalue weighted by atomic mass is 32.2. The number of amides is 2. The average molecular weight is 489 g/mol. The van der Waals surface area contributed by atoms with Crippen molar-refractivity contribution in [3.63, 3.8) is 0 Å². The first-order valence-electron chi connectivity index (χ1n) is 9.81. The third-order valence-electron chi connectivity index (χ3n) is 3.87. The van der Waals surface area contributed by atoms with E-state index in [1.54, 1.807) is 27.7 Å².